The number of nitrogens with one attached hydrogen (secondary N) is 1. The van der Waals surface area contributed by atoms with E-state index in [1.54, 1.807) is 48.5 Å². The second-order valence-electron chi connectivity index (χ2n) is 7.37. The van der Waals surface area contributed by atoms with E-state index in [1.165, 1.54) is 24.3 Å². The van der Waals surface area contributed by atoms with Gasteiger partial charge >= 0.3 is 0 Å². The molecule has 0 saturated carbocycles. The number of halogens is 1. The second-order valence-corrected chi connectivity index (χ2v) is 10.6. The maximum atomic E-state index is 13.0. The van der Waals surface area contributed by atoms with Crippen LogP contribution in [0.5, 0.6) is 0 Å². The van der Waals surface area contributed by atoms with Crippen LogP contribution in [-0.4, -0.2) is 31.4 Å². The molecule has 11 heteroatoms. The molecular weight excluding hydrogens is 498 g/mol. The van der Waals surface area contributed by atoms with E-state index in [-0.39, 0.29) is 23.1 Å². The van der Waals surface area contributed by atoms with Gasteiger partial charge in [0.2, 0.25) is 21.8 Å². The summed E-state index contributed by atoms with van der Waals surface area (Å²) < 4.78 is 22.8. The molecule has 4 rings (SSSR count). The second kappa shape index (κ2) is 9.59. The summed E-state index contributed by atoms with van der Waals surface area (Å²) in [5.74, 6) is -1.15. The standard InChI is InChI=1S/C23H18ClN3O5S2/c24-14-5-9-16(10-6-14)27-21(28)13-20(23(27)30)33-19-4-2-1-3-18(19)22(29)26-15-7-11-17(12-8-15)34(25,31)32/h1-12,20H,13H2,(H,26,29)(H2,25,31,32). The summed E-state index contributed by atoms with van der Waals surface area (Å²) in [4.78, 5) is 40.0. The molecule has 0 aromatic heterocycles. The first-order valence-electron chi connectivity index (χ1n) is 9.96. The molecule has 8 nitrogen and oxygen atoms in total. The van der Waals surface area contributed by atoms with Gasteiger partial charge in [-0.2, -0.15) is 0 Å². The van der Waals surface area contributed by atoms with E-state index >= 15 is 0 Å². The number of nitrogens with zero attached hydrogens (tertiary/aromatic N) is 1. The van der Waals surface area contributed by atoms with E-state index in [0.717, 1.165) is 16.7 Å². The van der Waals surface area contributed by atoms with Gasteiger partial charge in [0.15, 0.2) is 0 Å². The number of carbonyl (C=O) groups is 3. The van der Waals surface area contributed by atoms with Crippen LogP contribution in [0.15, 0.2) is 82.6 Å². The van der Waals surface area contributed by atoms with Crippen molar-refractivity contribution in [2.24, 2.45) is 5.14 Å². The minimum atomic E-state index is -3.84. The largest absolute Gasteiger partial charge is 0.322 e. The first-order chi connectivity index (χ1) is 16.1. The van der Waals surface area contributed by atoms with Crippen molar-refractivity contribution in [2.45, 2.75) is 21.5 Å². The molecule has 1 atom stereocenters. The van der Waals surface area contributed by atoms with E-state index in [4.69, 9.17) is 16.7 Å². The van der Waals surface area contributed by atoms with Gasteiger partial charge in [0.05, 0.1) is 21.4 Å². The molecule has 1 aliphatic rings. The lowest BCUT2D eigenvalue weighted by molar-refractivity contribution is -0.121. The third kappa shape index (κ3) is 5.15. The van der Waals surface area contributed by atoms with Gasteiger partial charge in [-0.05, 0) is 60.7 Å². The maximum absolute atomic E-state index is 13.0. The van der Waals surface area contributed by atoms with Crippen LogP contribution in [-0.2, 0) is 19.6 Å². The molecule has 1 heterocycles. The third-order valence-electron chi connectivity index (χ3n) is 5.03. The van der Waals surface area contributed by atoms with Crippen molar-refractivity contribution < 1.29 is 22.8 Å². The summed E-state index contributed by atoms with van der Waals surface area (Å²) in [6, 6.07) is 18.6. The highest BCUT2D eigenvalue weighted by atomic mass is 35.5. The van der Waals surface area contributed by atoms with Crippen LogP contribution in [0.2, 0.25) is 5.02 Å². The minimum Gasteiger partial charge on any atom is -0.322 e. The van der Waals surface area contributed by atoms with Crippen molar-refractivity contribution in [1.29, 1.82) is 0 Å². The van der Waals surface area contributed by atoms with E-state index in [1.807, 2.05) is 0 Å². The van der Waals surface area contributed by atoms with Crippen molar-refractivity contribution in [3.05, 3.63) is 83.4 Å². The zero-order chi connectivity index (χ0) is 24.5. The molecule has 3 N–H and O–H groups in total. The molecule has 3 aromatic carbocycles. The fraction of sp³-hybridized carbons (Fsp3) is 0.0870. The van der Waals surface area contributed by atoms with E-state index in [2.05, 4.69) is 5.32 Å². The summed E-state index contributed by atoms with van der Waals surface area (Å²) in [6.07, 6.45) is -0.00287. The molecule has 0 bridgehead atoms. The Bertz CT molecular complexity index is 1380. The lowest BCUT2D eigenvalue weighted by Crippen LogP contribution is -2.31. The van der Waals surface area contributed by atoms with Gasteiger partial charge in [-0.3, -0.25) is 14.4 Å². The quantitative estimate of drug-likeness (QED) is 0.482. The number of primary sulfonamides is 1. The Morgan fingerprint density at radius 3 is 2.29 bits per heavy atom. The molecule has 1 saturated heterocycles. The van der Waals surface area contributed by atoms with Crippen molar-refractivity contribution >= 4 is 62.5 Å². The topological polar surface area (TPSA) is 127 Å². The maximum Gasteiger partial charge on any atom is 0.256 e. The average Bonchev–Trinajstić information content (AvgIpc) is 3.07. The van der Waals surface area contributed by atoms with E-state index in [0.29, 0.717) is 26.9 Å². The summed E-state index contributed by atoms with van der Waals surface area (Å²) >= 11 is 7.04. The number of anilines is 2. The van der Waals surface area contributed by atoms with Gasteiger partial charge in [-0.1, -0.05) is 23.7 Å². The van der Waals surface area contributed by atoms with E-state index < -0.39 is 21.2 Å². The van der Waals surface area contributed by atoms with Gasteiger partial charge in [0.1, 0.15) is 0 Å². The normalized spacial score (nSPS) is 16.1. The molecule has 0 spiro atoms. The highest BCUT2D eigenvalue weighted by Gasteiger charge is 2.40. The molecule has 1 fully saturated rings. The zero-order valence-corrected chi connectivity index (χ0v) is 19.9. The van der Waals surface area contributed by atoms with Gasteiger partial charge in [-0.15, -0.1) is 11.8 Å². The third-order valence-corrected chi connectivity index (χ3v) is 7.48. The van der Waals surface area contributed by atoms with Crippen LogP contribution in [0.25, 0.3) is 0 Å². The first-order valence-corrected chi connectivity index (χ1v) is 12.8. The van der Waals surface area contributed by atoms with Crippen LogP contribution in [0.3, 0.4) is 0 Å². The van der Waals surface area contributed by atoms with Crippen molar-refractivity contribution in [1.82, 2.24) is 0 Å². The Balaban J connectivity index is 1.51. The average molecular weight is 516 g/mol. The van der Waals surface area contributed by atoms with Crippen molar-refractivity contribution in [3.8, 4) is 0 Å². The smallest absolute Gasteiger partial charge is 0.256 e. The molecule has 1 unspecified atom stereocenters. The summed E-state index contributed by atoms with van der Waals surface area (Å²) in [5.41, 5.74) is 1.13. The predicted octanol–water partition coefficient (Wildman–Crippen LogP) is 3.66. The summed E-state index contributed by atoms with van der Waals surface area (Å²) in [7, 11) is -3.84. The minimum absolute atomic E-state index is 0.00287. The number of benzene rings is 3. The highest BCUT2D eigenvalue weighted by Crippen LogP contribution is 2.36. The number of sulfonamides is 1. The first kappa shape index (κ1) is 24.0. The molecule has 0 radical (unpaired) electrons. The molecule has 3 amide bonds. The molecule has 3 aromatic rings. The van der Waals surface area contributed by atoms with Crippen LogP contribution >= 0.6 is 23.4 Å². The Labute approximate surface area is 205 Å². The van der Waals surface area contributed by atoms with Crippen LogP contribution in [0.1, 0.15) is 16.8 Å². The molecular formula is C23H18ClN3O5S2. The number of rotatable bonds is 6. The number of thioether (sulfide) groups is 1. The number of nitrogens with two attached hydrogens (primary N) is 1. The lowest BCUT2D eigenvalue weighted by atomic mass is 10.2. The number of carbonyl (C=O) groups excluding carboxylic acids is 3. The Kier molecular flexibility index (Phi) is 6.76. The monoisotopic (exact) mass is 515 g/mol. The molecule has 174 valence electrons. The Morgan fingerprint density at radius 1 is 1.00 bits per heavy atom. The zero-order valence-electron chi connectivity index (χ0n) is 17.5. The van der Waals surface area contributed by atoms with Gasteiger partial charge in [0, 0.05) is 22.0 Å². The number of hydrogen-bond donors (Lipinski definition) is 2. The molecule has 1 aliphatic heterocycles. The number of imide groups is 1. The number of hydrogen-bond acceptors (Lipinski definition) is 6. The molecule has 34 heavy (non-hydrogen) atoms. The van der Waals surface area contributed by atoms with Crippen LogP contribution in [0, 0.1) is 0 Å². The van der Waals surface area contributed by atoms with Gasteiger partial charge < -0.3 is 5.32 Å². The van der Waals surface area contributed by atoms with Gasteiger partial charge in [0.25, 0.3) is 5.91 Å². The summed E-state index contributed by atoms with van der Waals surface area (Å²) in [6.45, 7) is 0. The summed E-state index contributed by atoms with van der Waals surface area (Å²) in [5, 5.41) is 7.60. The number of amides is 3. The van der Waals surface area contributed by atoms with E-state index in [9.17, 15) is 22.8 Å². The van der Waals surface area contributed by atoms with Crippen molar-refractivity contribution in [3.63, 3.8) is 0 Å². The SMILES string of the molecule is NS(=O)(=O)c1ccc(NC(=O)c2ccccc2SC2CC(=O)N(c3ccc(Cl)cc3)C2=O)cc1. The highest BCUT2D eigenvalue weighted by molar-refractivity contribution is 8.00. The lowest BCUT2D eigenvalue weighted by Gasteiger charge is -2.16. The van der Waals surface area contributed by atoms with Gasteiger partial charge in [-0.25, -0.2) is 18.5 Å². The fourth-order valence-electron chi connectivity index (χ4n) is 3.39. The van der Waals surface area contributed by atoms with Crippen LogP contribution < -0.4 is 15.4 Å². The predicted molar refractivity (Wildman–Crippen MR) is 130 cm³/mol. The fourth-order valence-corrected chi connectivity index (χ4v) is 5.22. The molecule has 0 aliphatic carbocycles. The Morgan fingerprint density at radius 2 is 1.65 bits per heavy atom. The Hall–Kier alpha value is -3.18. The van der Waals surface area contributed by atoms with Crippen molar-refractivity contribution in [2.75, 3.05) is 10.2 Å². The van der Waals surface area contributed by atoms with Crippen LogP contribution in [0.4, 0.5) is 11.4 Å².